The van der Waals surface area contributed by atoms with Crippen molar-refractivity contribution in [1.29, 1.82) is 0 Å². The van der Waals surface area contributed by atoms with Gasteiger partial charge < -0.3 is 16.0 Å². The molecule has 0 bridgehead atoms. The summed E-state index contributed by atoms with van der Waals surface area (Å²) in [5, 5.41) is 7.49. The van der Waals surface area contributed by atoms with E-state index in [0.29, 0.717) is 35.7 Å². The molecule has 0 aliphatic carbocycles. The number of amides is 2. The number of alkyl halides is 1. The van der Waals surface area contributed by atoms with E-state index in [0.717, 1.165) is 0 Å². The lowest BCUT2D eigenvalue weighted by Gasteiger charge is -2.12. The molecule has 10 heteroatoms. The molecular formula is C26H22ClFN6O2. The Labute approximate surface area is 211 Å². The topological polar surface area (TPSA) is 106 Å². The highest BCUT2D eigenvalue weighted by Gasteiger charge is 2.29. The molecule has 0 spiro atoms. The predicted octanol–water partition coefficient (Wildman–Crippen LogP) is 4.61. The van der Waals surface area contributed by atoms with Crippen LogP contribution in [0.1, 0.15) is 27.3 Å². The van der Waals surface area contributed by atoms with E-state index in [-0.39, 0.29) is 28.6 Å². The number of likely N-dealkylation sites (tertiary alicyclic amines) is 1. The smallest absolute Gasteiger partial charge is 0.274 e. The van der Waals surface area contributed by atoms with Crippen molar-refractivity contribution in [2.45, 2.75) is 12.6 Å². The summed E-state index contributed by atoms with van der Waals surface area (Å²) >= 11 is 6.36. The first-order valence-corrected chi connectivity index (χ1v) is 11.7. The number of para-hydroxylation sites is 1. The summed E-state index contributed by atoms with van der Waals surface area (Å²) in [5.74, 6) is -0.261. The maximum Gasteiger partial charge on any atom is 0.274 e. The second-order valence-corrected chi connectivity index (χ2v) is 8.80. The normalized spacial score (nSPS) is 15.2. The fourth-order valence-electron chi connectivity index (χ4n) is 4.06. The van der Waals surface area contributed by atoms with E-state index in [9.17, 15) is 14.0 Å². The van der Waals surface area contributed by atoms with Gasteiger partial charge in [0.1, 0.15) is 17.8 Å². The van der Waals surface area contributed by atoms with Crippen molar-refractivity contribution in [2.75, 3.05) is 24.1 Å². The average molecular weight is 505 g/mol. The van der Waals surface area contributed by atoms with E-state index < -0.39 is 18.0 Å². The fraction of sp³-hybridized carbons (Fsp3) is 0.154. The van der Waals surface area contributed by atoms with Gasteiger partial charge in [0.05, 0.1) is 28.5 Å². The minimum Gasteiger partial charge on any atom is -0.384 e. The number of nitrogens with zero attached hydrogens (tertiary/aromatic N) is 4. The van der Waals surface area contributed by atoms with E-state index in [1.807, 2.05) is 18.2 Å². The van der Waals surface area contributed by atoms with E-state index >= 15 is 0 Å². The van der Waals surface area contributed by atoms with Crippen molar-refractivity contribution in [1.82, 2.24) is 19.7 Å². The number of hydrogen-bond donors (Lipinski definition) is 2. The van der Waals surface area contributed by atoms with Gasteiger partial charge in [0.15, 0.2) is 5.69 Å². The lowest BCUT2D eigenvalue weighted by molar-refractivity contribution is 0.0776. The van der Waals surface area contributed by atoms with Crippen LogP contribution >= 0.6 is 11.6 Å². The molecule has 0 radical (unpaired) electrons. The molecule has 0 saturated carbocycles. The van der Waals surface area contributed by atoms with Crippen molar-refractivity contribution in [2.24, 2.45) is 0 Å². The molecule has 182 valence electrons. The van der Waals surface area contributed by atoms with Gasteiger partial charge in [-0.05, 0) is 42.8 Å². The minimum atomic E-state index is -1.05. The van der Waals surface area contributed by atoms with E-state index in [1.165, 1.54) is 15.6 Å². The number of anilines is 2. The van der Waals surface area contributed by atoms with Gasteiger partial charge in [0, 0.05) is 18.2 Å². The summed E-state index contributed by atoms with van der Waals surface area (Å²) in [7, 11) is 0. The summed E-state index contributed by atoms with van der Waals surface area (Å²) in [6.45, 7) is 0.347. The second-order valence-electron chi connectivity index (χ2n) is 8.40. The van der Waals surface area contributed by atoms with E-state index in [4.69, 9.17) is 17.3 Å². The first-order valence-electron chi connectivity index (χ1n) is 11.3. The molecule has 3 N–H and O–H groups in total. The number of benzene rings is 2. The quantitative estimate of drug-likeness (QED) is 0.413. The van der Waals surface area contributed by atoms with Gasteiger partial charge in [0.2, 0.25) is 0 Å². The van der Waals surface area contributed by atoms with Crippen molar-refractivity contribution >= 4 is 35.1 Å². The maximum absolute atomic E-state index is 13.7. The summed E-state index contributed by atoms with van der Waals surface area (Å²) in [5.41, 5.74) is 8.02. The zero-order valence-electron chi connectivity index (χ0n) is 19.1. The second kappa shape index (κ2) is 9.79. The first kappa shape index (κ1) is 23.5. The Bertz CT molecular complexity index is 1440. The Morgan fingerprint density at radius 3 is 2.58 bits per heavy atom. The van der Waals surface area contributed by atoms with Crippen LogP contribution in [0.3, 0.4) is 0 Å². The number of carbonyl (C=O) groups is 2. The largest absolute Gasteiger partial charge is 0.384 e. The van der Waals surface area contributed by atoms with Crippen LogP contribution < -0.4 is 11.1 Å². The fourth-order valence-corrected chi connectivity index (χ4v) is 4.26. The maximum atomic E-state index is 13.7. The Hall–Kier alpha value is -4.24. The number of aromatic nitrogens is 3. The first-order chi connectivity index (χ1) is 17.4. The molecule has 1 atom stereocenters. The van der Waals surface area contributed by atoms with Gasteiger partial charge in [-0.2, -0.15) is 5.10 Å². The monoisotopic (exact) mass is 504 g/mol. The SMILES string of the molecule is Nc1cccc(-c2ccc(Cl)c(C(=O)Nc3cc(C(=O)N4CCC(F)C4)nn3-c3ccccc3)c2)n1. The molecule has 1 fully saturated rings. The Balaban J connectivity index is 1.48. The molecule has 4 aromatic rings. The van der Waals surface area contributed by atoms with Crippen molar-refractivity contribution in [3.8, 4) is 16.9 Å². The highest BCUT2D eigenvalue weighted by atomic mass is 35.5. The summed E-state index contributed by atoms with van der Waals surface area (Å²) < 4.78 is 15.1. The highest BCUT2D eigenvalue weighted by Crippen LogP contribution is 2.27. The number of hydrogen-bond acceptors (Lipinski definition) is 5. The van der Waals surface area contributed by atoms with E-state index in [2.05, 4.69) is 15.4 Å². The number of nitrogens with two attached hydrogens (primary N) is 1. The van der Waals surface area contributed by atoms with Crippen LogP contribution in [0.5, 0.6) is 0 Å². The van der Waals surface area contributed by atoms with Crippen LogP contribution in [0, 0.1) is 0 Å². The molecule has 1 unspecified atom stereocenters. The number of nitrogens with one attached hydrogen (secondary N) is 1. The van der Waals surface area contributed by atoms with Crippen LogP contribution in [0.15, 0.2) is 72.8 Å². The predicted molar refractivity (Wildman–Crippen MR) is 136 cm³/mol. The zero-order valence-corrected chi connectivity index (χ0v) is 19.8. The lowest BCUT2D eigenvalue weighted by atomic mass is 10.1. The highest BCUT2D eigenvalue weighted by molar-refractivity contribution is 6.34. The third kappa shape index (κ3) is 4.78. The molecule has 2 amide bonds. The molecule has 1 saturated heterocycles. The molecular weight excluding hydrogens is 483 g/mol. The van der Waals surface area contributed by atoms with Crippen LogP contribution in [0.2, 0.25) is 5.02 Å². The van der Waals surface area contributed by atoms with Crippen LogP contribution in [0.4, 0.5) is 16.0 Å². The minimum absolute atomic E-state index is 0.0269. The standard InChI is InChI=1S/C26H22ClFN6O2/c27-20-10-9-16(21-7-4-8-23(29)30-21)13-19(20)25(35)31-24-14-22(26(36)33-12-11-17(28)15-33)32-34(24)18-5-2-1-3-6-18/h1-10,13-14,17H,11-12,15H2,(H2,29,30)(H,31,35). The molecule has 5 rings (SSSR count). The summed E-state index contributed by atoms with van der Waals surface area (Å²) in [6, 6.07) is 20.8. The third-order valence-corrected chi connectivity index (χ3v) is 6.20. The molecule has 1 aliphatic rings. The van der Waals surface area contributed by atoms with Crippen LogP contribution in [0.25, 0.3) is 16.9 Å². The zero-order chi connectivity index (χ0) is 25.2. The van der Waals surface area contributed by atoms with E-state index in [1.54, 1.807) is 48.5 Å². The number of halogens is 2. The molecule has 36 heavy (non-hydrogen) atoms. The molecule has 2 aromatic carbocycles. The summed E-state index contributed by atoms with van der Waals surface area (Å²) in [4.78, 5) is 32.0. The van der Waals surface area contributed by atoms with Crippen molar-refractivity contribution in [3.63, 3.8) is 0 Å². The van der Waals surface area contributed by atoms with Gasteiger partial charge in [-0.3, -0.25) is 9.59 Å². The number of nitrogen functional groups attached to an aromatic ring is 1. The van der Waals surface area contributed by atoms with Gasteiger partial charge in [-0.1, -0.05) is 41.9 Å². The van der Waals surface area contributed by atoms with Gasteiger partial charge in [0.25, 0.3) is 11.8 Å². The molecule has 8 nitrogen and oxygen atoms in total. The Kier molecular flexibility index (Phi) is 6.39. The number of carbonyl (C=O) groups excluding carboxylic acids is 2. The number of rotatable bonds is 5. The van der Waals surface area contributed by atoms with Gasteiger partial charge in [-0.15, -0.1) is 0 Å². The molecule has 3 heterocycles. The number of pyridine rings is 1. The Morgan fingerprint density at radius 2 is 1.86 bits per heavy atom. The molecule has 1 aliphatic heterocycles. The van der Waals surface area contributed by atoms with Crippen LogP contribution in [-0.4, -0.2) is 50.7 Å². The van der Waals surface area contributed by atoms with Gasteiger partial charge in [-0.25, -0.2) is 14.1 Å². The van der Waals surface area contributed by atoms with Crippen molar-refractivity contribution < 1.29 is 14.0 Å². The lowest BCUT2D eigenvalue weighted by Crippen LogP contribution is -2.29. The summed E-state index contributed by atoms with van der Waals surface area (Å²) in [6.07, 6.45) is -0.751. The van der Waals surface area contributed by atoms with Crippen molar-refractivity contribution in [3.05, 3.63) is 89.1 Å². The Morgan fingerprint density at radius 1 is 1.06 bits per heavy atom. The molecule has 2 aromatic heterocycles. The van der Waals surface area contributed by atoms with Gasteiger partial charge >= 0.3 is 0 Å². The van der Waals surface area contributed by atoms with Crippen LogP contribution in [-0.2, 0) is 0 Å². The third-order valence-electron chi connectivity index (χ3n) is 5.87. The average Bonchev–Trinajstić information content (AvgIpc) is 3.51.